The number of nitrogens with zero attached hydrogens (tertiary/aromatic N) is 2. The zero-order valence-electron chi connectivity index (χ0n) is 12.6. The summed E-state index contributed by atoms with van der Waals surface area (Å²) in [4.78, 5) is 13.6. The van der Waals surface area contributed by atoms with Crippen LogP contribution in [-0.4, -0.2) is 29.6 Å². The third kappa shape index (κ3) is 3.88. The molecule has 0 fully saturated rings. The van der Waals surface area contributed by atoms with E-state index in [4.69, 9.17) is 4.52 Å². The van der Waals surface area contributed by atoms with Gasteiger partial charge in [-0.15, -0.1) is 0 Å². The van der Waals surface area contributed by atoms with E-state index in [-0.39, 0.29) is 24.4 Å². The number of nitrogens with one attached hydrogen (secondary N) is 1. The maximum Gasteiger partial charge on any atom is 0.240 e. The van der Waals surface area contributed by atoms with Crippen molar-refractivity contribution in [2.45, 2.75) is 19.9 Å². The summed E-state index contributed by atoms with van der Waals surface area (Å²) in [6.45, 7) is 3.62. The molecule has 1 N–H and O–H groups in total. The fourth-order valence-electron chi connectivity index (χ4n) is 1.99. The van der Waals surface area contributed by atoms with Crippen molar-refractivity contribution in [1.29, 1.82) is 0 Å². The van der Waals surface area contributed by atoms with Gasteiger partial charge in [-0.1, -0.05) is 11.2 Å². The van der Waals surface area contributed by atoms with E-state index >= 15 is 0 Å². The summed E-state index contributed by atoms with van der Waals surface area (Å²) in [6, 6.07) is 5.06. The Labute approximate surface area is 126 Å². The highest BCUT2D eigenvalue weighted by molar-refractivity contribution is 5.90. The van der Waals surface area contributed by atoms with E-state index in [1.54, 1.807) is 31.9 Å². The summed E-state index contributed by atoms with van der Waals surface area (Å²) in [6.07, 6.45) is 0. The normalized spacial score (nSPS) is 12.5. The Morgan fingerprint density at radius 2 is 2.09 bits per heavy atom. The molecule has 0 aliphatic heterocycles. The lowest BCUT2D eigenvalue weighted by atomic mass is 10.1. The minimum Gasteiger partial charge on any atom is -0.338 e. The Kier molecular flexibility index (Phi) is 4.87. The number of likely N-dealkylation sites (N-methyl/N-ethyl adjacent to an activating group) is 1. The van der Waals surface area contributed by atoms with Crippen LogP contribution in [0.3, 0.4) is 0 Å². The fourth-order valence-corrected chi connectivity index (χ4v) is 1.99. The number of hydrogen-bond donors (Lipinski definition) is 1. The van der Waals surface area contributed by atoms with E-state index in [0.29, 0.717) is 11.3 Å². The molecule has 0 bridgehead atoms. The zero-order valence-corrected chi connectivity index (χ0v) is 12.6. The molecule has 0 radical (unpaired) electrons. The Morgan fingerprint density at radius 3 is 2.68 bits per heavy atom. The van der Waals surface area contributed by atoms with Crippen LogP contribution in [0.15, 0.2) is 28.8 Å². The van der Waals surface area contributed by atoms with Crippen LogP contribution in [0.25, 0.3) is 0 Å². The van der Waals surface area contributed by atoms with Gasteiger partial charge in [0.05, 0.1) is 12.2 Å². The average molecular weight is 309 g/mol. The molecule has 1 heterocycles. The van der Waals surface area contributed by atoms with Gasteiger partial charge in [0.25, 0.3) is 0 Å². The first-order valence-electron chi connectivity index (χ1n) is 6.75. The van der Waals surface area contributed by atoms with Crippen LogP contribution in [0.5, 0.6) is 0 Å². The first kappa shape index (κ1) is 16.1. The number of carbonyl (C=O) groups is 1. The van der Waals surface area contributed by atoms with Crippen LogP contribution < -0.4 is 5.32 Å². The van der Waals surface area contributed by atoms with Gasteiger partial charge in [-0.05, 0) is 38.6 Å². The Balaban J connectivity index is 1.96. The van der Waals surface area contributed by atoms with Gasteiger partial charge >= 0.3 is 0 Å². The minimum absolute atomic E-state index is 0.0694. The summed E-state index contributed by atoms with van der Waals surface area (Å²) in [7, 11) is 1.72. The number of benzene rings is 1. The van der Waals surface area contributed by atoms with E-state index in [9.17, 15) is 13.6 Å². The predicted octanol–water partition coefficient (Wildman–Crippen LogP) is 2.89. The van der Waals surface area contributed by atoms with Gasteiger partial charge in [0.1, 0.15) is 0 Å². The van der Waals surface area contributed by atoms with Crippen LogP contribution in [0, 0.1) is 18.6 Å². The van der Waals surface area contributed by atoms with Crippen molar-refractivity contribution in [2.24, 2.45) is 0 Å². The predicted molar refractivity (Wildman–Crippen MR) is 77.3 cm³/mol. The van der Waals surface area contributed by atoms with E-state index in [0.717, 1.165) is 12.1 Å². The molecule has 1 amide bonds. The fraction of sp³-hybridized carbons (Fsp3) is 0.333. The van der Waals surface area contributed by atoms with Gasteiger partial charge in [0.2, 0.25) is 11.8 Å². The van der Waals surface area contributed by atoms with Gasteiger partial charge in [-0.3, -0.25) is 15.0 Å². The minimum atomic E-state index is -0.903. The lowest BCUT2D eigenvalue weighted by molar-refractivity contribution is -0.117. The second-order valence-electron chi connectivity index (χ2n) is 5.15. The second-order valence-corrected chi connectivity index (χ2v) is 5.15. The number of hydrogen-bond acceptors (Lipinski definition) is 4. The van der Waals surface area contributed by atoms with E-state index in [1.807, 2.05) is 0 Å². The Hall–Kier alpha value is -2.28. The monoisotopic (exact) mass is 309 g/mol. The molecule has 0 aliphatic carbocycles. The van der Waals surface area contributed by atoms with Crippen LogP contribution in [-0.2, 0) is 4.79 Å². The van der Waals surface area contributed by atoms with Crippen molar-refractivity contribution in [2.75, 3.05) is 18.9 Å². The molecular weight excluding hydrogens is 292 g/mol. The van der Waals surface area contributed by atoms with Gasteiger partial charge in [0, 0.05) is 12.1 Å². The largest absolute Gasteiger partial charge is 0.338 e. The third-order valence-corrected chi connectivity index (χ3v) is 3.37. The lowest BCUT2D eigenvalue weighted by Gasteiger charge is -2.24. The topological polar surface area (TPSA) is 58.4 Å². The number of aromatic nitrogens is 1. The molecule has 2 aromatic rings. The Morgan fingerprint density at radius 1 is 1.36 bits per heavy atom. The summed E-state index contributed by atoms with van der Waals surface area (Å²) < 4.78 is 31.1. The lowest BCUT2D eigenvalue weighted by Crippen LogP contribution is -2.32. The molecule has 5 nitrogen and oxygen atoms in total. The Bertz CT molecular complexity index is 673. The van der Waals surface area contributed by atoms with Crippen molar-refractivity contribution in [3.8, 4) is 0 Å². The molecule has 1 aromatic heterocycles. The third-order valence-electron chi connectivity index (χ3n) is 3.37. The molecule has 118 valence electrons. The number of anilines is 1. The molecule has 1 atom stereocenters. The summed E-state index contributed by atoms with van der Waals surface area (Å²) in [5.41, 5.74) is 1.25. The van der Waals surface area contributed by atoms with Crippen molar-refractivity contribution in [3.05, 3.63) is 47.2 Å². The molecule has 1 aromatic carbocycles. The van der Waals surface area contributed by atoms with Gasteiger partial charge < -0.3 is 4.52 Å². The highest BCUT2D eigenvalue weighted by Crippen LogP contribution is 2.20. The summed E-state index contributed by atoms with van der Waals surface area (Å²) in [5.74, 6) is -1.80. The highest BCUT2D eigenvalue weighted by Gasteiger charge is 2.17. The van der Waals surface area contributed by atoms with Crippen molar-refractivity contribution >= 4 is 11.8 Å². The first-order valence-corrected chi connectivity index (χ1v) is 6.75. The smallest absolute Gasteiger partial charge is 0.240 e. The van der Waals surface area contributed by atoms with Crippen molar-refractivity contribution < 1.29 is 18.1 Å². The van der Waals surface area contributed by atoms with Crippen LogP contribution in [0.1, 0.15) is 24.2 Å². The van der Waals surface area contributed by atoms with Gasteiger partial charge in [-0.25, -0.2) is 8.78 Å². The van der Waals surface area contributed by atoms with E-state index < -0.39 is 11.6 Å². The molecule has 0 saturated heterocycles. The van der Waals surface area contributed by atoms with E-state index in [2.05, 4.69) is 10.5 Å². The molecule has 0 spiro atoms. The van der Waals surface area contributed by atoms with Gasteiger partial charge in [-0.2, -0.15) is 0 Å². The molecule has 0 saturated carbocycles. The van der Waals surface area contributed by atoms with Crippen molar-refractivity contribution in [1.82, 2.24) is 10.1 Å². The van der Waals surface area contributed by atoms with Crippen LogP contribution >= 0.6 is 0 Å². The molecule has 22 heavy (non-hydrogen) atoms. The summed E-state index contributed by atoms with van der Waals surface area (Å²) in [5, 5.41) is 6.25. The summed E-state index contributed by atoms with van der Waals surface area (Å²) >= 11 is 0. The van der Waals surface area contributed by atoms with E-state index in [1.165, 1.54) is 6.07 Å². The SMILES string of the molecule is Cc1cc(NC(=O)CN(C)C(C)c2ccc(F)c(F)c2)on1. The second kappa shape index (κ2) is 6.65. The number of rotatable bonds is 5. The zero-order chi connectivity index (χ0) is 16.3. The molecule has 0 aliphatic rings. The van der Waals surface area contributed by atoms with Crippen LogP contribution in [0.2, 0.25) is 0 Å². The maximum atomic E-state index is 13.3. The number of halogens is 2. The molecular formula is C15H17F2N3O2. The van der Waals surface area contributed by atoms with Gasteiger partial charge in [0.15, 0.2) is 11.6 Å². The quantitative estimate of drug-likeness (QED) is 0.922. The molecule has 2 rings (SSSR count). The molecule has 1 unspecified atom stereocenters. The maximum absolute atomic E-state index is 13.3. The number of carbonyl (C=O) groups excluding carboxylic acids is 1. The van der Waals surface area contributed by atoms with Crippen molar-refractivity contribution in [3.63, 3.8) is 0 Å². The molecule has 7 heteroatoms. The number of amides is 1. The first-order chi connectivity index (χ1) is 10.4. The standard InChI is InChI=1S/C15H17F2N3O2/c1-9-6-15(22-19-9)18-14(21)8-20(3)10(2)11-4-5-12(16)13(17)7-11/h4-7,10H,8H2,1-3H3,(H,18,21). The number of aryl methyl sites for hydroxylation is 1. The average Bonchev–Trinajstić information content (AvgIpc) is 2.86. The highest BCUT2D eigenvalue weighted by atomic mass is 19.2. The van der Waals surface area contributed by atoms with Crippen LogP contribution in [0.4, 0.5) is 14.7 Å².